The number of benzene rings is 1. The largest absolute Gasteiger partial charge is 0.493 e. The Morgan fingerprint density at radius 2 is 2.18 bits per heavy atom. The van der Waals surface area contributed by atoms with Crippen LogP contribution in [-0.2, 0) is 0 Å². The minimum absolute atomic E-state index is 0.671. The molecule has 1 nitrogen and oxygen atoms in total. The zero-order chi connectivity index (χ0) is 8.10. The van der Waals surface area contributed by atoms with E-state index in [2.05, 4.69) is 0 Å². The van der Waals surface area contributed by atoms with E-state index in [0.717, 1.165) is 11.3 Å². The molecule has 0 saturated heterocycles. The average Bonchev–Trinajstić information content (AvgIpc) is 2.06. The minimum Gasteiger partial charge on any atom is -0.493 e. The van der Waals surface area contributed by atoms with Gasteiger partial charge in [0.1, 0.15) is 5.75 Å². The molecule has 0 saturated carbocycles. The quantitative estimate of drug-likeness (QED) is 0.638. The fraction of sp³-hybridized carbons (Fsp3) is 0.200. The Balaban J connectivity index is 2.92. The highest BCUT2D eigenvalue weighted by molar-refractivity contribution is 5.54. The first-order valence-corrected chi connectivity index (χ1v) is 3.65. The minimum atomic E-state index is 0.671. The van der Waals surface area contributed by atoms with Crippen molar-refractivity contribution in [3.05, 3.63) is 36.4 Å². The van der Waals surface area contributed by atoms with Crippen molar-refractivity contribution in [2.75, 3.05) is 6.61 Å². The summed E-state index contributed by atoms with van der Waals surface area (Å²) >= 11 is 0. The van der Waals surface area contributed by atoms with E-state index in [9.17, 15) is 0 Å². The molecule has 0 heterocycles. The average molecular weight is 147 g/mol. The molecule has 0 aliphatic carbocycles. The number of para-hydroxylation sites is 1. The fourth-order valence-electron chi connectivity index (χ4n) is 0.905. The maximum absolute atomic E-state index is 5.38. The number of hydrogen-bond acceptors (Lipinski definition) is 1. The van der Waals surface area contributed by atoms with Crippen LogP contribution in [0.3, 0.4) is 0 Å². The Kier molecular flexibility index (Phi) is 2.73. The summed E-state index contributed by atoms with van der Waals surface area (Å²) in [6.45, 7) is 8.00. The van der Waals surface area contributed by atoms with Gasteiger partial charge in [-0.05, 0) is 13.0 Å². The van der Waals surface area contributed by atoms with Gasteiger partial charge in [-0.15, -0.1) is 0 Å². The lowest BCUT2D eigenvalue weighted by molar-refractivity contribution is 0.339. The third-order valence-corrected chi connectivity index (χ3v) is 1.40. The maximum Gasteiger partial charge on any atom is 0.126 e. The summed E-state index contributed by atoms with van der Waals surface area (Å²) < 4.78 is 5.32. The molecule has 0 fully saturated rings. The second kappa shape index (κ2) is 3.81. The lowest BCUT2D eigenvalue weighted by Gasteiger charge is -2.04. The Bertz CT molecular complexity index is 240. The lowest BCUT2D eigenvalue weighted by atomic mass is 10.2. The fourth-order valence-corrected chi connectivity index (χ4v) is 0.905. The van der Waals surface area contributed by atoms with E-state index in [0.29, 0.717) is 6.61 Å². The van der Waals surface area contributed by atoms with Crippen LogP contribution in [0, 0.1) is 6.58 Å². The van der Waals surface area contributed by atoms with Gasteiger partial charge in [-0.1, -0.05) is 30.9 Å². The van der Waals surface area contributed by atoms with Crippen molar-refractivity contribution in [3.8, 4) is 5.75 Å². The second-order valence-electron chi connectivity index (χ2n) is 2.14. The van der Waals surface area contributed by atoms with Crippen molar-refractivity contribution in [1.29, 1.82) is 0 Å². The normalized spacial score (nSPS) is 9.18. The van der Waals surface area contributed by atoms with E-state index in [1.165, 1.54) is 0 Å². The third-order valence-electron chi connectivity index (χ3n) is 1.40. The van der Waals surface area contributed by atoms with Gasteiger partial charge in [-0.3, -0.25) is 0 Å². The molecular weight excluding hydrogens is 136 g/mol. The molecular formula is C10H11O. The highest BCUT2D eigenvalue weighted by Gasteiger charge is 1.95. The van der Waals surface area contributed by atoms with E-state index in [1.807, 2.05) is 31.2 Å². The molecule has 11 heavy (non-hydrogen) atoms. The highest BCUT2D eigenvalue weighted by atomic mass is 16.5. The summed E-state index contributed by atoms with van der Waals surface area (Å²) in [5, 5.41) is 0. The number of hydrogen-bond donors (Lipinski definition) is 0. The first kappa shape index (κ1) is 7.86. The van der Waals surface area contributed by atoms with Crippen molar-refractivity contribution in [3.63, 3.8) is 0 Å². The Morgan fingerprint density at radius 3 is 2.82 bits per heavy atom. The van der Waals surface area contributed by atoms with Crippen LogP contribution >= 0.6 is 0 Å². The molecule has 1 heteroatoms. The molecule has 0 unspecified atom stereocenters. The molecule has 1 rings (SSSR count). The van der Waals surface area contributed by atoms with Crippen LogP contribution in [0.15, 0.2) is 24.3 Å². The summed E-state index contributed by atoms with van der Waals surface area (Å²) in [6, 6.07) is 7.69. The van der Waals surface area contributed by atoms with Gasteiger partial charge in [0, 0.05) is 5.56 Å². The van der Waals surface area contributed by atoms with E-state index in [1.54, 1.807) is 6.08 Å². The molecule has 57 valence electrons. The SMILES string of the molecule is [CH]=Cc1ccccc1OCC. The van der Waals surface area contributed by atoms with Crippen molar-refractivity contribution in [2.24, 2.45) is 0 Å². The topological polar surface area (TPSA) is 9.23 Å². The van der Waals surface area contributed by atoms with Crippen LogP contribution in [0.4, 0.5) is 0 Å². The summed E-state index contributed by atoms with van der Waals surface area (Å²) in [7, 11) is 0. The first-order chi connectivity index (χ1) is 5.38. The van der Waals surface area contributed by atoms with Crippen molar-refractivity contribution in [1.82, 2.24) is 0 Å². The maximum atomic E-state index is 5.38. The first-order valence-electron chi connectivity index (χ1n) is 3.65. The van der Waals surface area contributed by atoms with E-state index in [-0.39, 0.29) is 0 Å². The van der Waals surface area contributed by atoms with Crippen LogP contribution in [0.25, 0.3) is 6.08 Å². The van der Waals surface area contributed by atoms with Crippen LogP contribution in [0.1, 0.15) is 12.5 Å². The van der Waals surface area contributed by atoms with Gasteiger partial charge >= 0.3 is 0 Å². The summed E-state index contributed by atoms with van der Waals surface area (Å²) in [6.07, 6.45) is 1.55. The molecule has 0 aliphatic rings. The Morgan fingerprint density at radius 1 is 1.45 bits per heavy atom. The van der Waals surface area contributed by atoms with Crippen molar-refractivity contribution < 1.29 is 4.74 Å². The third kappa shape index (κ3) is 1.84. The monoisotopic (exact) mass is 147 g/mol. The lowest BCUT2D eigenvalue weighted by Crippen LogP contribution is -1.92. The highest BCUT2D eigenvalue weighted by Crippen LogP contribution is 2.18. The number of rotatable bonds is 3. The summed E-state index contributed by atoms with van der Waals surface area (Å²) in [4.78, 5) is 0. The van der Waals surface area contributed by atoms with Crippen molar-refractivity contribution >= 4 is 6.08 Å². The summed E-state index contributed by atoms with van der Waals surface area (Å²) in [5.74, 6) is 0.845. The molecule has 0 spiro atoms. The van der Waals surface area contributed by atoms with Gasteiger partial charge in [0.15, 0.2) is 0 Å². The number of ether oxygens (including phenoxy) is 1. The van der Waals surface area contributed by atoms with Gasteiger partial charge in [0.05, 0.1) is 6.61 Å². The van der Waals surface area contributed by atoms with E-state index >= 15 is 0 Å². The smallest absolute Gasteiger partial charge is 0.126 e. The molecule has 0 aliphatic heterocycles. The molecule has 0 aromatic heterocycles. The van der Waals surface area contributed by atoms with Gasteiger partial charge in [0.25, 0.3) is 0 Å². The predicted octanol–water partition coefficient (Wildman–Crippen LogP) is 2.53. The van der Waals surface area contributed by atoms with Gasteiger partial charge in [0.2, 0.25) is 0 Å². The molecule has 1 aromatic carbocycles. The van der Waals surface area contributed by atoms with Crippen LogP contribution < -0.4 is 4.74 Å². The van der Waals surface area contributed by atoms with Crippen LogP contribution in [0.2, 0.25) is 0 Å². The molecule has 0 N–H and O–H groups in total. The molecule has 0 atom stereocenters. The van der Waals surface area contributed by atoms with Gasteiger partial charge < -0.3 is 4.74 Å². The molecule has 0 amide bonds. The molecule has 1 radical (unpaired) electrons. The zero-order valence-corrected chi connectivity index (χ0v) is 6.58. The Hall–Kier alpha value is -1.24. The van der Waals surface area contributed by atoms with Crippen LogP contribution in [0.5, 0.6) is 5.75 Å². The van der Waals surface area contributed by atoms with Gasteiger partial charge in [-0.2, -0.15) is 0 Å². The van der Waals surface area contributed by atoms with Crippen LogP contribution in [-0.4, -0.2) is 6.61 Å². The van der Waals surface area contributed by atoms with Gasteiger partial charge in [-0.25, -0.2) is 0 Å². The molecule has 1 aromatic rings. The second-order valence-corrected chi connectivity index (χ2v) is 2.14. The summed E-state index contributed by atoms with van der Waals surface area (Å²) in [5.41, 5.74) is 0.939. The zero-order valence-electron chi connectivity index (χ0n) is 6.58. The Labute approximate surface area is 67.3 Å². The predicted molar refractivity (Wildman–Crippen MR) is 46.4 cm³/mol. The van der Waals surface area contributed by atoms with E-state index < -0.39 is 0 Å². The molecule has 0 bridgehead atoms. The van der Waals surface area contributed by atoms with Crippen molar-refractivity contribution in [2.45, 2.75) is 6.92 Å². The standard InChI is InChI=1S/C10H11O/c1-3-9-7-5-6-8-10(9)11-4-2/h1,3,5-8H,4H2,2H3. The van der Waals surface area contributed by atoms with E-state index in [4.69, 9.17) is 11.3 Å².